The first kappa shape index (κ1) is 17.0. The van der Waals surface area contributed by atoms with Gasteiger partial charge >= 0.3 is 5.97 Å². The molecule has 0 aliphatic carbocycles. The van der Waals surface area contributed by atoms with Gasteiger partial charge in [0.1, 0.15) is 9.71 Å². The average molecular weight is 349 g/mol. The van der Waals surface area contributed by atoms with E-state index < -0.39 is 12.1 Å². The number of hydrogen-bond acceptors (Lipinski definition) is 5. The molecule has 0 N–H and O–H groups in total. The Labute approximate surface area is 145 Å². The molecule has 24 heavy (non-hydrogen) atoms. The van der Waals surface area contributed by atoms with Gasteiger partial charge in [0.2, 0.25) is 0 Å². The Bertz CT molecular complexity index is 722. The summed E-state index contributed by atoms with van der Waals surface area (Å²) in [4.78, 5) is 28.1. The van der Waals surface area contributed by atoms with Crippen LogP contribution >= 0.6 is 11.3 Å². The van der Waals surface area contributed by atoms with Crippen LogP contribution in [0.15, 0.2) is 6.07 Å². The molecule has 1 aliphatic rings. The largest absolute Gasteiger partial charge is 0.448 e. The highest BCUT2D eigenvalue weighted by molar-refractivity contribution is 7.20. The maximum absolute atomic E-state index is 12.5. The molecule has 0 bridgehead atoms. The van der Waals surface area contributed by atoms with Gasteiger partial charge < -0.3 is 9.64 Å². The minimum absolute atomic E-state index is 0.0933. The Balaban J connectivity index is 1.68. The molecule has 0 aromatic carbocycles. The third-order valence-electron chi connectivity index (χ3n) is 4.45. The second-order valence-electron chi connectivity index (χ2n) is 6.33. The topological polar surface area (TPSA) is 64.4 Å². The van der Waals surface area contributed by atoms with Crippen LogP contribution in [0.5, 0.6) is 0 Å². The molecule has 1 amide bonds. The first-order valence-electron chi connectivity index (χ1n) is 8.40. The summed E-state index contributed by atoms with van der Waals surface area (Å²) >= 11 is 1.35. The third kappa shape index (κ3) is 3.31. The first-order valence-corrected chi connectivity index (χ1v) is 9.22. The number of amides is 1. The van der Waals surface area contributed by atoms with Crippen LogP contribution in [0.25, 0.3) is 10.2 Å². The number of carbonyl (C=O) groups is 2. The number of rotatable bonds is 3. The molecule has 3 heterocycles. The molecule has 1 unspecified atom stereocenters. The van der Waals surface area contributed by atoms with Crippen molar-refractivity contribution in [2.45, 2.75) is 45.6 Å². The molecule has 0 radical (unpaired) electrons. The lowest BCUT2D eigenvalue weighted by Crippen LogP contribution is -2.40. The molecule has 3 rings (SSSR count). The number of ether oxygens (including phenoxy) is 1. The summed E-state index contributed by atoms with van der Waals surface area (Å²) in [5.74, 6) is -0.532. The summed E-state index contributed by atoms with van der Waals surface area (Å²) in [6.07, 6.45) is 3.62. The van der Waals surface area contributed by atoms with Crippen LogP contribution in [0, 0.1) is 6.92 Å². The quantitative estimate of drug-likeness (QED) is 0.799. The van der Waals surface area contributed by atoms with E-state index in [1.54, 1.807) is 17.7 Å². The molecular weight excluding hydrogens is 326 g/mol. The van der Waals surface area contributed by atoms with Crippen molar-refractivity contribution in [3.05, 3.63) is 16.6 Å². The van der Waals surface area contributed by atoms with Crippen LogP contribution in [0.2, 0.25) is 0 Å². The van der Waals surface area contributed by atoms with Crippen molar-refractivity contribution in [1.82, 2.24) is 14.7 Å². The van der Waals surface area contributed by atoms with E-state index in [0.717, 1.165) is 54.7 Å². The number of nitrogens with zero attached hydrogens (tertiary/aromatic N) is 3. The summed E-state index contributed by atoms with van der Waals surface area (Å²) < 4.78 is 7.18. The van der Waals surface area contributed by atoms with Crippen molar-refractivity contribution >= 4 is 33.4 Å². The van der Waals surface area contributed by atoms with Crippen molar-refractivity contribution < 1.29 is 14.3 Å². The van der Waals surface area contributed by atoms with Crippen molar-refractivity contribution in [2.75, 3.05) is 13.1 Å². The standard InChI is InChI=1S/C17H23N3O3S/c1-11-13-10-14(24-16(13)19(3)18-11)17(22)23-12(2)15(21)20-8-6-4-5-7-9-20/h10,12H,4-9H2,1-3H3. The van der Waals surface area contributed by atoms with Gasteiger partial charge in [-0.2, -0.15) is 5.10 Å². The van der Waals surface area contributed by atoms with Gasteiger partial charge in [0, 0.05) is 25.5 Å². The fraction of sp³-hybridized carbons (Fsp3) is 0.588. The van der Waals surface area contributed by atoms with Gasteiger partial charge in [-0.05, 0) is 32.8 Å². The van der Waals surface area contributed by atoms with E-state index >= 15 is 0 Å². The van der Waals surface area contributed by atoms with E-state index in [9.17, 15) is 9.59 Å². The third-order valence-corrected chi connectivity index (χ3v) is 5.63. The number of hydrogen-bond donors (Lipinski definition) is 0. The minimum atomic E-state index is -0.750. The van der Waals surface area contributed by atoms with Crippen LogP contribution in [0.4, 0.5) is 0 Å². The lowest BCUT2D eigenvalue weighted by Gasteiger charge is -2.23. The Morgan fingerprint density at radius 1 is 1.25 bits per heavy atom. The lowest BCUT2D eigenvalue weighted by atomic mass is 10.2. The van der Waals surface area contributed by atoms with Gasteiger partial charge in [0.15, 0.2) is 6.10 Å². The Kier molecular flexibility index (Phi) is 4.89. The second kappa shape index (κ2) is 6.93. The molecule has 6 nitrogen and oxygen atoms in total. The van der Waals surface area contributed by atoms with Gasteiger partial charge in [-0.3, -0.25) is 9.48 Å². The van der Waals surface area contributed by atoms with Crippen molar-refractivity contribution in [1.29, 1.82) is 0 Å². The Morgan fingerprint density at radius 3 is 2.54 bits per heavy atom. The number of esters is 1. The molecule has 0 saturated carbocycles. The van der Waals surface area contributed by atoms with Crippen molar-refractivity contribution in [3.8, 4) is 0 Å². The molecule has 1 aliphatic heterocycles. The number of fused-ring (bicyclic) bond motifs is 1. The lowest BCUT2D eigenvalue weighted by molar-refractivity contribution is -0.139. The summed E-state index contributed by atoms with van der Waals surface area (Å²) in [7, 11) is 1.85. The number of aryl methyl sites for hydroxylation is 2. The van der Waals surface area contributed by atoms with E-state index in [4.69, 9.17) is 4.74 Å². The number of aromatic nitrogens is 2. The maximum Gasteiger partial charge on any atom is 0.349 e. The van der Waals surface area contributed by atoms with Gasteiger partial charge in [-0.1, -0.05) is 12.8 Å². The van der Waals surface area contributed by atoms with Crippen LogP contribution in [-0.2, 0) is 16.6 Å². The number of carbonyl (C=O) groups excluding carboxylic acids is 2. The maximum atomic E-state index is 12.5. The summed E-state index contributed by atoms with van der Waals surface area (Å²) in [6.45, 7) is 5.09. The highest BCUT2D eigenvalue weighted by Gasteiger charge is 2.26. The van der Waals surface area contributed by atoms with Crippen molar-refractivity contribution in [3.63, 3.8) is 0 Å². The van der Waals surface area contributed by atoms with E-state index in [0.29, 0.717) is 4.88 Å². The van der Waals surface area contributed by atoms with Gasteiger partial charge in [0.05, 0.1) is 5.69 Å². The fourth-order valence-electron chi connectivity index (χ4n) is 3.12. The minimum Gasteiger partial charge on any atom is -0.448 e. The Hall–Kier alpha value is -1.89. The van der Waals surface area contributed by atoms with Crippen LogP contribution in [0.3, 0.4) is 0 Å². The molecule has 130 valence electrons. The molecule has 0 spiro atoms. The summed E-state index contributed by atoms with van der Waals surface area (Å²) in [5.41, 5.74) is 0.886. The summed E-state index contributed by atoms with van der Waals surface area (Å²) in [5, 5.41) is 5.28. The van der Waals surface area contributed by atoms with E-state index in [2.05, 4.69) is 5.10 Å². The molecular formula is C17H23N3O3S. The monoisotopic (exact) mass is 349 g/mol. The first-order chi connectivity index (χ1) is 11.5. The van der Waals surface area contributed by atoms with E-state index in [-0.39, 0.29) is 5.91 Å². The molecule has 7 heteroatoms. The smallest absolute Gasteiger partial charge is 0.349 e. The SMILES string of the molecule is Cc1nn(C)c2sc(C(=O)OC(C)C(=O)N3CCCCCC3)cc12. The Morgan fingerprint density at radius 2 is 1.92 bits per heavy atom. The van der Waals surface area contributed by atoms with Crippen LogP contribution < -0.4 is 0 Å². The number of thiophene rings is 1. The van der Waals surface area contributed by atoms with Crippen molar-refractivity contribution in [2.24, 2.45) is 7.05 Å². The highest BCUT2D eigenvalue weighted by Crippen LogP contribution is 2.28. The molecule has 2 aromatic rings. The normalized spacial score (nSPS) is 16.9. The number of likely N-dealkylation sites (tertiary alicyclic amines) is 1. The predicted octanol–water partition coefficient (Wildman–Crippen LogP) is 2.89. The average Bonchev–Trinajstić information content (AvgIpc) is 2.97. The molecule has 1 atom stereocenters. The van der Waals surface area contributed by atoms with Gasteiger partial charge in [-0.25, -0.2) is 4.79 Å². The molecule has 1 saturated heterocycles. The zero-order valence-corrected chi connectivity index (χ0v) is 15.2. The van der Waals surface area contributed by atoms with E-state index in [1.807, 2.05) is 18.9 Å². The highest BCUT2D eigenvalue weighted by atomic mass is 32.1. The van der Waals surface area contributed by atoms with Crippen LogP contribution in [-0.4, -0.2) is 45.8 Å². The second-order valence-corrected chi connectivity index (χ2v) is 7.36. The molecule has 2 aromatic heterocycles. The summed E-state index contributed by atoms with van der Waals surface area (Å²) in [6, 6.07) is 1.80. The fourth-order valence-corrected chi connectivity index (χ4v) is 4.13. The van der Waals surface area contributed by atoms with Gasteiger partial charge in [0.25, 0.3) is 5.91 Å². The van der Waals surface area contributed by atoms with E-state index in [1.165, 1.54) is 11.3 Å². The predicted molar refractivity (Wildman–Crippen MR) is 93.3 cm³/mol. The van der Waals surface area contributed by atoms with Crippen LogP contribution in [0.1, 0.15) is 48.0 Å². The zero-order chi connectivity index (χ0) is 17.3. The molecule has 1 fully saturated rings. The van der Waals surface area contributed by atoms with Gasteiger partial charge in [-0.15, -0.1) is 11.3 Å². The zero-order valence-electron chi connectivity index (χ0n) is 14.4.